The zero-order valence-electron chi connectivity index (χ0n) is 13.6. The van der Waals surface area contributed by atoms with Crippen molar-refractivity contribution in [3.8, 4) is 6.07 Å². The summed E-state index contributed by atoms with van der Waals surface area (Å²) in [5.41, 5.74) is 0.457. The summed E-state index contributed by atoms with van der Waals surface area (Å²) in [6.07, 6.45) is 5.81. The highest BCUT2D eigenvalue weighted by atomic mass is 16.2. The van der Waals surface area contributed by atoms with Gasteiger partial charge in [0.2, 0.25) is 5.91 Å². The maximum Gasteiger partial charge on any atom is 0.240 e. The fraction of sp³-hybridized carbons (Fsp3) is 0.579. The highest BCUT2D eigenvalue weighted by molar-refractivity contribution is 5.85. The van der Waals surface area contributed by atoms with Crippen LogP contribution < -0.4 is 5.32 Å². The van der Waals surface area contributed by atoms with Crippen LogP contribution in [0.4, 0.5) is 0 Å². The van der Waals surface area contributed by atoms with Crippen molar-refractivity contribution in [3.05, 3.63) is 35.9 Å². The first-order chi connectivity index (χ1) is 11.2. The summed E-state index contributed by atoms with van der Waals surface area (Å²) in [7, 11) is 0. The zero-order chi connectivity index (χ0) is 16.1. The van der Waals surface area contributed by atoms with E-state index >= 15 is 0 Å². The van der Waals surface area contributed by atoms with Crippen LogP contribution in [0.15, 0.2) is 30.3 Å². The molecular weight excluding hydrogens is 286 g/mol. The van der Waals surface area contributed by atoms with Crippen LogP contribution in [-0.4, -0.2) is 30.4 Å². The number of carbonyl (C=O) groups is 1. The van der Waals surface area contributed by atoms with Crippen molar-refractivity contribution in [1.82, 2.24) is 10.2 Å². The average molecular weight is 311 g/mol. The minimum absolute atomic E-state index is 0.0716. The normalized spacial score (nSPS) is 21.7. The van der Waals surface area contributed by atoms with Crippen LogP contribution >= 0.6 is 0 Å². The van der Waals surface area contributed by atoms with Crippen LogP contribution in [0.25, 0.3) is 0 Å². The van der Waals surface area contributed by atoms with Crippen molar-refractivity contribution in [2.75, 3.05) is 19.6 Å². The van der Waals surface area contributed by atoms with Gasteiger partial charge in [-0.3, -0.25) is 9.69 Å². The molecule has 1 N–H and O–H groups in total. The monoisotopic (exact) mass is 311 g/mol. The molecular formula is C19H25N3O. The summed E-state index contributed by atoms with van der Waals surface area (Å²) in [6.45, 7) is 2.75. The predicted molar refractivity (Wildman–Crippen MR) is 89.5 cm³/mol. The molecule has 1 aliphatic carbocycles. The summed E-state index contributed by atoms with van der Waals surface area (Å²) < 4.78 is 0. The molecule has 4 nitrogen and oxygen atoms in total. The Morgan fingerprint density at radius 2 is 1.83 bits per heavy atom. The minimum Gasteiger partial charge on any atom is -0.353 e. The minimum atomic E-state index is -0.785. The van der Waals surface area contributed by atoms with Crippen LogP contribution in [0.3, 0.4) is 0 Å². The van der Waals surface area contributed by atoms with Crippen LogP contribution in [-0.2, 0) is 4.79 Å². The van der Waals surface area contributed by atoms with Gasteiger partial charge in [-0.15, -0.1) is 0 Å². The van der Waals surface area contributed by atoms with E-state index in [4.69, 9.17) is 0 Å². The highest BCUT2D eigenvalue weighted by Crippen LogP contribution is 2.37. The number of benzene rings is 1. The van der Waals surface area contributed by atoms with E-state index in [-0.39, 0.29) is 11.9 Å². The third-order valence-electron chi connectivity index (χ3n) is 5.33. The van der Waals surface area contributed by atoms with Gasteiger partial charge >= 0.3 is 0 Å². The van der Waals surface area contributed by atoms with Crippen LogP contribution in [0.2, 0.25) is 0 Å². The Bertz CT molecular complexity index is 566. The smallest absolute Gasteiger partial charge is 0.240 e. The van der Waals surface area contributed by atoms with Gasteiger partial charge < -0.3 is 5.32 Å². The van der Waals surface area contributed by atoms with Crippen molar-refractivity contribution in [2.45, 2.75) is 44.6 Å². The lowest BCUT2D eigenvalue weighted by molar-refractivity contribution is -0.128. The second-order valence-corrected chi connectivity index (χ2v) is 6.78. The lowest BCUT2D eigenvalue weighted by Crippen LogP contribution is -2.43. The van der Waals surface area contributed by atoms with E-state index < -0.39 is 5.41 Å². The summed E-state index contributed by atoms with van der Waals surface area (Å²) in [5.74, 6) is -0.0716. The van der Waals surface area contributed by atoms with Crippen molar-refractivity contribution in [3.63, 3.8) is 0 Å². The molecule has 0 bridgehead atoms. The van der Waals surface area contributed by atoms with E-state index in [0.29, 0.717) is 19.4 Å². The van der Waals surface area contributed by atoms with Gasteiger partial charge in [-0.2, -0.15) is 5.26 Å². The molecule has 1 saturated heterocycles. The lowest BCUT2D eigenvalue weighted by atomic mass is 9.87. The molecule has 1 heterocycles. The largest absolute Gasteiger partial charge is 0.353 e. The Morgan fingerprint density at radius 3 is 2.43 bits per heavy atom. The first-order valence-electron chi connectivity index (χ1n) is 8.74. The molecule has 1 unspecified atom stereocenters. The number of carbonyl (C=O) groups excluding carboxylic acids is 1. The number of nitriles is 1. The molecule has 2 fully saturated rings. The number of likely N-dealkylation sites (tertiary alicyclic amines) is 1. The van der Waals surface area contributed by atoms with Crippen molar-refractivity contribution < 1.29 is 4.79 Å². The van der Waals surface area contributed by atoms with Gasteiger partial charge in [0.05, 0.1) is 12.1 Å². The molecule has 2 aliphatic rings. The molecule has 1 aromatic carbocycles. The maximum absolute atomic E-state index is 12.6. The Labute approximate surface area is 138 Å². The quantitative estimate of drug-likeness (QED) is 0.909. The molecule has 1 atom stereocenters. The van der Waals surface area contributed by atoms with Crippen molar-refractivity contribution in [1.29, 1.82) is 5.26 Å². The highest BCUT2D eigenvalue weighted by Gasteiger charge is 2.41. The average Bonchev–Trinajstić information content (AvgIpc) is 3.28. The topological polar surface area (TPSA) is 56.1 Å². The number of nitrogens with one attached hydrogen (secondary N) is 1. The summed E-state index contributed by atoms with van der Waals surface area (Å²) in [5, 5.41) is 12.5. The molecule has 1 saturated carbocycles. The number of amides is 1. The second kappa shape index (κ2) is 7.14. The van der Waals surface area contributed by atoms with Crippen LogP contribution in [0.1, 0.15) is 50.1 Å². The molecule has 0 radical (unpaired) electrons. The third-order valence-corrected chi connectivity index (χ3v) is 5.33. The van der Waals surface area contributed by atoms with Crippen LogP contribution in [0.5, 0.6) is 0 Å². The van der Waals surface area contributed by atoms with E-state index in [0.717, 1.165) is 25.9 Å². The van der Waals surface area contributed by atoms with Gasteiger partial charge in [-0.05, 0) is 44.3 Å². The molecule has 1 aromatic rings. The second-order valence-electron chi connectivity index (χ2n) is 6.78. The molecule has 4 heteroatoms. The Balaban J connectivity index is 1.69. The van der Waals surface area contributed by atoms with Crippen LogP contribution in [0, 0.1) is 16.7 Å². The Hall–Kier alpha value is -1.86. The van der Waals surface area contributed by atoms with Gasteiger partial charge in [0, 0.05) is 6.54 Å². The van der Waals surface area contributed by atoms with E-state index in [1.54, 1.807) is 0 Å². The first kappa shape index (κ1) is 16.0. The lowest BCUT2D eigenvalue weighted by Gasteiger charge is -2.29. The van der Waals surface area contributed by atoms with Crippen molar-refractivity contribution in [2.24, 2.45) is 5.41 Å². The van der Waals surface area contributed by atoms with Gasteiger partial charge in [-0.25, -0.2) is 0 Å². The molecule has 3 rings (SSSR count). The zero-order valence-corrected chi connectivity index (χ0v) is 13.6. The van der Waals surface area contributed by atoms with E-state index in [1.165, 1.54) is 18.4 Å². The number of rotatable bonds is 5. The molecule has 0 spiro atoms. The van der Waals surface area contributed by atoms with Crippen molar-refractivity contribution >= 4 is 5.91 Å². The SMILES string of the molecule is N#CC1(C(=O)NCC(c2ccccc2)N2CCCC2)CCCC1. The maximum atomic E-state index is 12.6. The summed E-state index contributed by atoms with van der Waals surface area (Å²) in [4.78, 5) is 15.0. The molecule has 0 aromatic heterocycles. The number of hydrogen-bond donors (Lipinski definition) is 1. The standard InChI is InChI=1S/C19H25N3O/c20-15-19(10-4-5-11-19)18(23)21-14-17(22-12-6-7-13-22)16-8-2-1-3-9-16/h1-3,8-9,17H,4-7,10-14H2,(H,21,23). The molecule has 23 heavy (non-hydrogen) atoms. The Kier molecular flexibility index (Phi) is 4.97. The number of hydrogen-bond acceptors (Lipinski definition) is 3. The van der Waals surface area contributed by atoms with E-state index in [1.807, 2.05) is 18.2 Å². The molecule has 1 aliphatic heterocycles. The van der Waals surface area contributed by atoms with Gasteiger partial charge in [0.25, 0.3) is 0 Å². The molecule has 122 valence electrons. The fourth-order valence-corrected chi connectivity index (χ4v) is 3.91. The third kappa shape index (κ3) is 3.40. The predicted octanol–water partition coefficient (Wildman–Crippen LogP) is 3.02. The first-order valence-corrected chi connectivity index (χ1v) is 8.74. The fourth-order valence-electron chi connectivity index (χ4n) is 3.91. The van der Waals surface area contributed by atoms with Gasteiger partial charge in [-0.1, -0.05) is 43.2 Å². The van der Waals surface area contributed by atoms with E-state index in [9.17, 15) is 10.1 Å². The van der Waals surface area contributed by atoms with Gasteiger partial charge in [0.15, 0.2) is 0 Å². The Morgan fingerprint density at radius 1 is 1.17 bits per heavy atom. The van der Waals surface area contributed by atoms with E-state index in [2.05, 4.69) is 28.4 Å². The molecule has 1 amide bonds. The van der Waals surface area contributed by atoms with Gasteiger partial charge in [0.1, 0.15) is 5.41 Å². The number of nitrogens with zero attached hydrogens (tertiary/aromatic N) is 2. The summed E-state index contributed by atoms with van der Waals surface area (Å²) in [6, 6.07) is 12.9. The summed E-state index contributed by atoms with van der Waals surface area (Å²) >= 11 is 0.